The van der Waals surface area contributed by atoms with Crippen molar-refractivity contribution in [2.24, 2.45) is 5.73 Å². The lowest BCUT2D eigenvalue weighted by Gasteiger charge is -2.27. The quantitative estimate of drug-likeness (QED) is 0.568. The second-order valence-electron chi connectivity index (χ2n) is 3.38. The molecule has 0 fully saturated rings. The third-order valence-electron chi connectivity index (χ3n) is 2.35. The van der Waals surface area contributed by atoms with Crippen LogP contribution >= 0.6 is 0 Å². The van der Waals surface area contributed by atoms with Crippen molar-refractivity contribution in [1.29, 1.82) is 0 Å². The minimum Gasteiger partial charge on any atom is -0.319 e. The Morgan fingerprint density at radius 2 is 2.43 bits per heavy atom. The van der Waals surface area contributed by atoms with E-state index in [1.54, 1.807) is 12.3 Å². The minimum atomic E-state index is -0.693. The number of hydroxylamine groups is 1. The van der Waals surface area contributed by atoms with Crippen LogP contribution < -0.4 is 10.8 Å². The van der Waals surface area contributed by atoms with E-state index in [0.29, 0.717) is 22.9 Å². The zero-order valence-electron chi connectivity index (χ0n) is 7.77. The summed E-state index contributed by atoms with van der Waals surface area (Å²) in [6, 6.07) is 1.05. The number of hydrogen-bond donors (Lipinski definition) is 2. The molecule has 0 spiro atoms. The molecule has 0 aromatic carbocycles. The number of aryl methyl sites for hydroxylation is 1. The molecule has 1 aliphatic heterocycles. The molecule has 3 N–H and O–H groups in total. The van der Waals surface area contributed by atoms with Gasteiger partial charge in [-0.05, 0) is 18.6 Å². The number of nitrogens with two attached hydrogens (primary N) is 1. The maximum absolute atomic E-state index is 11.4. The molecular weight excluding hydrogens is 182 g/mol. The fourth-order valence-corrected chi connectivity index (χ4v) is 1.61. The first kappa shape index (κ1) is 9.11. The Labute approximate surface area is 81.1 Å². The third-order valence-corrected chi connectivity index (χ3v) is 2.35. The van der Waals surface area contributed by atoms with Crippen LogP contribution in [0.3, 0.4) is 0 Å². The molecule has 1 unspecified atom stereocenters. The average Bonchev–Trinajstić information content (AvgIpc) is 2.14. The zero-order valence-corrected chi connectivity index (χ0v) is 7.77. The van der Waals surface area contributed by atoms with E-state index in [0.717, 1.165) is 5.56 Å². The SMILES string of the molecule is Cc1ccnc2c1N(O)C(=O)C(N)C2. The molecule has 1 amide bonds. The first-order valence-corrected chi connectivity index (χ1v) is 4.34. The Balaban J connectivity index is 2.56. The van der Waals surface area contributed by atoms with Crippen LogP contribution in [0.4, 0.5) is 5.69 Å². The van der Waals surface area contributed by atoms with E-state index in [2.05, 4.69) is 4.98 Å². The number of hydrogen-bond acceptors (Lipinski definition) is 4. The van der Waals surface area contributed by atoms with Crippen molar-refractivity contribution in [1.82, 2.24) is 4.98 Å². The highest BCUT2D eigenvalue weighted by atomic mass is 16.5. The molecule has 0 saturated heterocycles. The average molecular weight is 193 g/mol. The van der Waals surface area contributed by atoms with Crippen LogP contribution in [0.2, 0.25) is 0 Å². The molecule has 1 aliphatic rings. The van der Waals surface area contributed by atoms with E-state index in [1.807, 2.05) is 6.92 Å². The van der Waals surface area contributed by atoms with Gasteiger partial charge in [0.2, 0.25) is 0 Å². The van der Waals surface area contributed by atoms with Crippen molar-refractivity contribution >= 4 is 11.6 Å². The molecule has 0 aliphatic carbocycles. The second-order valence-corrected chi connectivity index (χ2v) is 3.38. The summed E-state index contributed by atoms with van der Waals surface area (Å²) in [5.41, 5.74) is 7.50. The summed E-state index contributed by atoms with van der Waals surface area (Å²) in [4.78, 5) is 15.4. The molecular formula is C9H11N3O2. The van der Waals surface area contributed by atoms with Crippen LogP contribution in [0, 0.1) is 6.92 Å². The Kier molecular flexibility index (Phi) is 1.98. The molecule has 1 aromatic rings. The Morgan fingerprint density at radius 1 is 1.71 bits per heavy atom. The van der Waals surface area contributed by atoms with Gasteiger partial charge < -0.3 is 5.73 Å². The van der Waals surface area contributed by atoms with Gasteiger partial charge in [-0.3, -0.25) is 15.0 Å². The second kappa shape index (κ2) is 3.04. The summed E-state index contributed by atoms with van der Waals surface area (Å²) in [7, 11) is 0. The predicted octanol–water partition coefficient (Wildman–Crippen LogP) is -0.00438. The highest BCUT2D eigenvalue weighted by Crippen LogP contribution is 2.27. The van der Waals surface area contributed by atoms with Crippen LogP contribution in [0.1, 0.15) is 11.3 Å². The fraction of sp³-hybridized carbons (Fsp3) is 0.333. The van der Waals surface area contributed by atoms with Gasteiger partial charge in [0.1, 0.15) is 0 Å². The number of rotatable bonds is 0. The van der Waals surface area contributed by atoms with Crippen LogP contribution in [0.5, 0.6) is 0 Å². The Morgan fingerprint density at radius 3 is 3.14 bits per heavy atom. The number of anilines is 1. The molecule has 0 saturated carbocycles. The van der Waals surface area contributed by atoms with Crippen LogP contribution in [0.15, 0.2) is 12.3 Å². The summed E-state index contributed by atoms with van der Waals surface area (Å²) in [5.74, 6) is -0.478. The maximum atomic E-state index is 11.4. The van der Waals surface area contributed by atoms with Crippen LogP contribution in [-0.2, 0) is 11.2 Å². The van der Waals surface area contributed by atoms with Crippen molar-refractivity contribution in [3.8, 4) is 0 Å². The fourth-order valence-electron chi connectivity index (χ4n) is 1.61. The lowest BCUT2D eigenvalue weighted by atomic mass is 10.0. The largest absolute Gasteiger partial charge is 0.319 e. The summed E-state index contributed by atoms with van der Waals surface area (Å²) in [6.45, 7) is 1.81. The summed E-state index contributed by atoms with van der Waals surface area (Å²) in [6.07, 6.45) is 2.03. The molecule has 2 rings (SSSR count). The molecule has 1 aromatic heterocycles. The third kappa shape index (κ3) is 1.18. The van der Waals surface area contributed by atoms with E-state index < -0.39 is 11.9 Å². The van der Waals surface area contributed by atoms with E-state index in [1.165, 1.54) is 0 Å². The van der Waals surface area contributed by atoms with Gasteiger partial charge in [-0.2, -0.15) is 5.06 Å². The highest BCUT2D eigenvalue weighted by molar-refractivity contribution is 5.98. The summed E-state index contributed by atoms with van der Waals surface area (Å²) >= 11 is 0. The van der Waals surface area contributed by atoms with Gasteiger partial charge in [0, 0.05) is 12.6 Å². The molecule has 0 radical (unpaired) electrons. The number of fused-ring (bicyclic) bond motifs is 1. The summed E-state index contributed by atoms with van der Waals surface area (Å²) in [5, 5.41) is 10.1. The molecule has 74 valence electrons. The number of nitrogens with zero attached hydrogens (tertiary/aromatic N) is 2. The van der Waals surface area contributed by atoms with Crippen molar-refractivity contribution in [3.05, 3.63) is 23.5 Å². The normalized spacial score (nSPS) is 20.9. The molecule has 14 heavy (non-hydrogen) atoms. The molecule has 5 heteroatoms. The predicted molar refractivity (Wildman–Crippen MR) is 49.9 cm³/mol. The number of carbonyl (C=O) groups excluding carboxylic acids is 1. The minimum absolute atomic E-state index is 0.382. The first-order valence-electron chi connectivity index (χ1n) is 4.34. The Hall–Kier alpha value is -1.46. The van der Waals surface area contributed by atoms with Crippen molar-refractivity contribution in [2.75, 3.05) is 5.06 Å². The highest BCUT2D eigenvalue weighted by Gasteiger charge is 2.31. The number of pyridine rings is 1. The van der Waals surface area contributed by atoms with Crippen molar-refractivity contribution in [3.63, 3.8) is 0 Å². The van der Waals surface area contributed by atoms with Crippen molar-refractivity contribution in [2.45, 2.75) is 19.4 Å². The number of carbonyl (C=O) groups is 1. The van der Waals surface area contributed by atoms with E-state index in [-0.39, 0.29) is 0 Å². The van der Waals surface area contributed by atoms with E-state index in [4.69, 9.17) is 5.73 Å². The van der Waals surface area contributed by atoms with Gasteiger partial charge in [0.05, 0.1) is 17.4 Å². The van der Waals surface area contributed by atoms with Gasteiger partial charge >= 0.3 is 0 Å². The molecule has 0 bridgehead atoms. The number of aromatic nitrogens is 1. The maximum Gasteiger partial charge on any atom is 0.268 e. The van der Waals surface area contributed by atoms with Crippen molar-refractivity contribution < 1.29 is 10.0 Å². The Bertz CT molecular complexity index is 392. The summed E-state index contributed by atoms with van der Waals surface area (Å²) < 4.78 is 0. The van der Waals surface area contributed by atoms with Gasteiger partial charge in [0.25, 0.3) is 5.91 Å². The lowest BCUT2D eigenvalue weighted by molar-refractivity contribution is -0.125. The standard InChI is InChI=1S/C9H11N3O2/c1-5-2-3-11-7-4-6(10)9(13)12(14)8(5)7/h2-3,6,14H,4,10H2,1H3. The smallest absolute Gasteiger partial charge is 0.268 e. The van der Waals surface area contributed by atoms with Gasteiger partial charge in [0.15, 0.2) is 0 Å². The lowest BCUT2D eigenvalue weighted by Crippen LogP contribution is -2.47. The first-order chi connectivity index (χ1) is 6.61. The van der Waals surface area contributed by atoms with E-state index in [9.17, 15) is 10.0 Å². The number of amides is 1. The monoisotopic (exact) mass is 193 g/mol. The van der Waals surface area contributed by atoms with Gasteiger partial charge in [-0.15, -0.1) is 0 Å². The van der Waals surface area contributed by atoms with Crippen LogP contribution in [-0.4, -0.2) is 22.1 Å². The van der Waals surface area contributed by atoms with E-state index >= 15 is 0 Å². The topological polar surface area (TPSA) is 79.5 Å². The molecule has 5 nitrogen and oxygen atoms in total. The molecule has 2 heterocycles. The van der Waals surface area contributed by atoms with Gasteiger partial charge in [-0.25, -0.2) is 0 Å². The van der Waals surface area contributed by atoms with Crippen LogP contribution in [0.25, 0.3) is 0 Å². The molecule has 1 atom stereocenters. The zero-order chi connectivity index (χ0) is 10.3. The van der Waals surface area contributed by atoms with Gasteiger partial charge in [-0.1, -0.05) is 0 Å².